The minimum absolute atomic E-state index is 0.376. The second-order valence-corrected chi connectivity index (χ2v) is 15.6. The first kappa shape index (κ1) is 33.0. The number of carbonyl (C=O) groups excluding carboxylic acids is 1. The molecule has 1 saturated carbocycles. The molecule has 3 aliphatic rings. The van der Waals surface area contributed by atoms with Crippen LogP contribution in [0.15, 0.2) is 102 Å². The van der Waals surface area contributed by atoms with Gasteiger partial charge >= 0.3 is 0 Å². The molecule has 1 spiro atoms. The van der Waals surface area contributed by atoms with Gasteiger partial charge in [-0.3, -0.25) is 14.6 Å². The van der Waals surface area contributed by atoms with E-state index in [1.807, 2.05) is 36.7 Å². The van der Waals surface area contributed by atoms with E-state index in [1.165, 1.54) is 47.8 Å². The number of pyridine rings is 1. The number of hydrogen-bond acceptors (Lipinski definition) is 7. The number of anilines is 1. The second kappa shape index (κ2) is 13.6. The number of rotatable bonds is 9. The number of piperazine rings is 1. The molecule has 9 rings (SSSR count). The molecule has 5 heterocycles. The van der Waals surface area contributed by atoms with Crippen molar-refractivity contribution >= 4 is 34.0 Å². The van der Waals surface area contributed by atoms with Crippen LogP contribution in [0.2, 0.25) is 0 Å². The lowest BCUT2D eigenvalue weighted by molar-refractivity contribution is -0.0627. The first-order chi connectivity index (χ1) is 25.4. The van der Waals surface area contributed by atoms with Gasteiger partial charge < -0.3 is 19.0 Å². The van der Waals surface area contributed by atoms with Crippen LogP contribution in [-0.4, -0.2) is 64.8 Å². The van der Waals surface area contributed by atoms with Gasteiger partial charge in [-0.2, -0.15) is 0 Å². The van der Waals surface area contributed by atoms with Crippen molar-refractivity contribution in [2.75, 3.05) is 37.6 Å². The number of nitrogens with zero attached hydrogens (tertiary/aromatic N) is 4. The third kappa shape index (κ3) is 6.18. The van der Waals surface area contributed by atoms with Crippen LogP contribution in [0.1, 0.15) is 78.5 Å². The summed E-state index contributed by atoms with van der Waals surface area (Å²) >= 11 is 0. The van der Waals surface area contributed by atoms with E-state index in [1.54, 1.807) is 6.20 Å². The summed E-state index contributed by atoms with van der Waals surface area (Å²) < 4.78 is 12.0. The molecule has 3 aromatic heterocycles. The quantitative estimate of drug-likeness (QED) is 0.151. The van der Waals surface area contributed by atoms with Crippen molar-refractivity contribution in [3.05, 3.63) is 120 Å². The van der Waals surface area contributed by atoms with Crippen LogP contribution in [0.3, 0.4) is 0 Å². The fourth-order valence-electron chi connectivity index (χ4n) is 9.32. The Morgan fingerprint density at radius 2 is 1.85 bits per heavy atom. The van der Waals surface area contributed by atoms with E-state index in [0.29, 0.717) is 40.5 Å². The Balaban J connectivity index is 0.884. The molecule has 1 aliphatic carbocycles. The lowest BCUT2D eigenvalue weighted by Crippen LogP contribution is -2.60. The number of benzene rings is 3. The molecule has 3 aromatic carbocycles. The zero-order valence-corrected chi connectivity index (χ0v) is 30.1. The maximum atomic E-state index is 11.9. The van der Waals surface area contributed by atoms with Crippen molar-refractivity contribution in [2.24, 2.45) is 5.41 Å². The molecule has 8 nitrogen and oxygen atoms in total. The van der Waals surface area contributed by atoms with E-state index >= 15 is 0 Å². The molecule has 0 amide bonds. The van der Waals surface area contributed by atoms with E-state index in [2.05, 4.69) is 93.1 Å². The molecular formula is C44H47N5O3. The molecule has 0 radical (unpaired) electrons. The van der Waals surface area contributed by atoms with Crippen LogP contribution in [0, 0.1) is 5.41 Å². The third-order valence-corrected chi connectivity index (χ3v) is 12.2. The van der Waals surface area contributed by atoms with Gasteiger partial charge in [-0.25, -0.2) is 4.98 Å². The zero-order valence-electron chi connectivity index (χ0n) is 30.1. The highest BCUT2D eigenvalue weighted by Crippen LogP contribution is 2.53. The van der Waals surface area contributed by atoms with Gasteiger partial charge in [0.25, 0.3) is 0 Å². The van der Waals surface area contributed by atoms with Gasteiger partial charge in [0.05, 0.1) is 18.0 Å². The van der Waals surface area contributed by atoms with E-state index in [4.69, 9.17) is 9.15 Å². The normalized spacial score (nSPS) is 19.8. The van der Waals surface area contributed by atoms with Crippen LogP contribution in [0.4, 0.5) is 5.69 Å². The number of furan rings is 1. The molecule has 8 heteroatoms. The fraction of sp³-hybridized carbons (Fsp3) is 0.364. The van der Waals surface area contributed by atoms with E-state index in [-0.39, 0.29) is 0 Å². The number of fused-ring (bicyclic) bond motifs is 2. The Morgan fingerprint density at radius 3 is 2.69 bits per heavy atom. The summed E-state index contributed by atoms with van der Waals surface area (Å²) in [4.78, 5) is 27.5. The number of H-pyrrole nitrogens is 1. The highest BCUT2D eigenvalue weighted by molar-refractivity contribution is 5.82. The number of carbonyl (C=O) groups is 1. The molecule has 6 aromatic rings. The van der Waals surface area contributed by atoms with E-state index in [0.717, 1.165) is 67.9 Å². The smallest absolute Gasteiger partial charge is 0.153 e. The summed E-state index contributed by atoms with van der Waals surface area (Å²) in [6, 6.07) is 28.6. The molecule has 2 saturated heterocycles. The van der Waals surface area contributed by atoms with Crippen molar-refractivity contribution in [1.82, 2.24) is 19.8 Å². The van der Waals surface area contributed by atoms with Crippen LogP contribution < -0.4 is 9.64 Å². The maximum Gasteiger partial charge on any atom is 0.153 e. The van der Waals surface area contributed by atoms with Gasteiger partial charge in [0, 0.05) is 80.1 Å². The highest BCUT2D eigenvalue weighted by atomic mass is 16.5. The van der Waals surface area contributed by atoms with Gasteiger partial charge in [0.1, 0.15) is 22.7 Å². The number of hydrogen-bond donors (Lipinski definition) is 1. The molecule has 0 bridgehead atoms. The van der Waals surface area contributed by atoms with Crippen molar-refractivity contribution in [3.63, 3.8) is 0 Å². The van der Waals surface area contributed by atoms with Gasteiger partial charge in [0.15, 0.2) is 6.29 Å². The zero-order chi connectivity index (χ0) is 35.2. The van der Waals surface area contributed by atoms with E-state index in [9.17, 15) is 4.79 Å². The summed E-state index contributed by atoms with van der Waals surface area (Å²) in [5.74, 6) is 1.67. The van der Waals surface area contributed by atoms with Gasteiger partial charge in [-0.05, 0) is 90.1 Å². The number of piperidine rings is 1. The standard InChI is InChI=1S/C44H47N5O3/c1-30(2)37-7-3-4-8-39(37)40-28-47(27-32-6-5-9-41-38(32)13-21-51-41)19-20-49(40)35-24-44(25-35)14-17-48(18-15-44)34-11-10-33(29-50)42(23-34)52-36-22-31-12-16-45-43(31)46-26-36/h3-13,16,21-23,26,29-30,35,40H,14-15,17-20,24-25,27-28H2,1-2H3,(H,45,46). The van der Waals surface area contributed by atoms with Gasteiger partial charge in [0.2, 0.25) is 0 Å². The molecule has 2 aliphatic heterocycles. The summed E-state index contributed by atoms with van der Waals surface area (Å²) in [5, 5.41) is 2.20. The van der Waals surface area contributed by atoms with Gasteiger partial charge in [-0.1, -0.05) is 50.2 Å². The Morgan fingerprint density at radius 1 is 0.981 bits per heavy atom. The molecule has 1 atom stereocenters. The first-order valence-electron chi connectivity index (χ1n) is 18.9. The summed E-state index contributed by atoms with van der Waals surface area (Å²) in [7, 11) is 0. The average Bonchev–Trinajstić information content (AvgIpc) is 3.84. The molecule has 52 heavy (non-hydrogen) atoms. The van der Waals surface area contributed by atoms with Gasteiger partial charge in [-0.15, -0.1) is 0 Å². The molecule has 3 fully saturated rings. The SMILES string of the molecule is CC(C)c1ccccc1C1CN(Cc2cccc3occc23)CCN1C1CC2(CCN(c3ccc(C=O)c(Oc4cnc5[nH]ccc5c4)c3)CC2)C1. The van der Waals surface area contributed by atoms with Crippen LogP contribution in [0.25, 0.3) is 22.0 Å². The lowest BCUT2D eigenvalue weighted by Gasteiger charge is -2.58. The molecule has 1 N–H and O–H groups in total. The average molecular weight is 694 g/mol. The first-order valence-corrected chi connectivity index (χ1v) is 18.9. The Labute approximate surface area is 305 Å². The van der Waals surface area contributed by atoms with Crippen LogP contribution >= 0.6 is 0 Å². The van der Waals surface area contributed by atoms with Crippen molar-refractivity contribution in [1.29, 1.82) is 0 Å². The second-order valence-electron chi connectivity index (χ2n) is 15.6. The van der Waals surface area contributed by atoms with Crippen molar-refractivity contribution in [2.45, 2.75) is 64.1 Å². The number of ether oxygens (including phenoxy) is 1. The molecule has 266 valence electrons. The number of aromatic nitrogens is 2. The van der Waals surface area contributed by atoms with Crippen molar-refractivity contribution < 1.29 is 13.9 Å². The minimum atomic E-state index is 0.376. The van der Waals surface area contributed by atoms with Crippen molar-refractivity contribution in [3.8, 4) is 11.5 Å². The molecule has 1 unspecified atom stereocenters. The van der Waals surface area contributed by atoms with E-state index < -0.39 is 0 Å². The third-order valence-electron chi connectivity index (χ3n) is 12.2. The summed E-state index contributed by atoms with van der Waals surface area (Å²) in [6.45, 7) is 10.8. The Bertz CT molecular complexity index is 2200. The monoisotopic (exact) mass is 693 g/mol. The number of nitrogens with one attached hydrogen (secondary N) is 1. The molecular weight excluding hydrogens is 647 g/mol. The number of aldehydes is 1. The summed E-state index contributed by atoms with van der Waals surface area (Å²) in [6.07, 6.45) is 11.1. The number of aromatic amines is 1. The van der Waals surface area contributed by atoms with Crippen LogP contribution in [-0.2, 0) is 6.54 Å². The predicted octanol–water partition coefficient (Wildman–Crippen LogP) is 9.35. The highest BCUT2D eigenvalue weighted by Gasteiger charge is 2.50. The topological polar surface area (TPSA) is 77.8 Å². The van der Waals surface area contributed by atoms with Crippen LogP contribution in [0.5, 0.6) is 11.5 Å². The Kier molecular flexibility index (Phi) is 8.60. The fourth-order valence-corrected chi connectivity index (χ4v) is 9.32. The summed E-state index contributed by atoms with van der Waals surface area (Å²) in [5.41, 5.74) is 8.16. The largest absolute Gasteiger partial charge is 0.464 e. The predicted molar refractivity (Wildman–Crippen MR) is 206 cm³/mol. The lowest BCUT2D eigenvalue weighted by atomic mass is 9.59. The minimum Gasteiger partial charge on any atom is -0.464 e. The maximum absolute atomic E-state index is 11.9. The Hall–Kier alpha value is -4.92.